The Kier molecular flexibility index (Phi) is 3.15. The number of rotatable bonds is 3. The van der Waals surface area contributed by atoms with E-state index in [0.717, 1.165) is 35.5 Å². The number of nitrogens with one attached hydrogen (secondary N) is 1. The van der Waals surface area contributed by atoms with Crippen LogP contribution >= 0.6 is 0 Å². The average molecular weight is 328 g/mol. The second-order valence-corrected chi connectivity index (χ2v) is 10.6. The van der Waals surface area contributed by atoms with Crippen molar-refractivity contribution in [2.24, 2.45) is 40.9 Å². The van der Waals surface area contributed by atoms with Crippen LogP contribution in [0.5, 0.6) is 0 Å². The maximum atomic E-state index is 12.8. The summed E-state index contributed by atoms with van der Waals surface area (Å²) in [6.07, 6.45) is 12.6. The number of carbonyl (C=O) groups is 1. The molecule has 0 heterocycles. The Morgan fingerprint density at radius 1 is 1.00 bits per heavy atom. The molecule has 0 radical (unpaired) electrons. The molecule has 6 bridgehead atoms. The maximum Gasteiger partial charge on any atom is 0.246 e. The van der Waals surface area contributed by atoms with Gasteiger partial charge in [0.1, 0.15) is 0 Å². The Bertz CT molecular complexity index is 577. The molecule has 0 saturated heterocycles. The molecule has 5 unspecified atom stereocenters. The molecule has 6 fully saturated rings. The van der Waals surface area contributed by atoms with Crippen molar-refractivity contribution in [1.82, 2.24) is 5.32 Å². The van der Waals surface area contributed by atoms with Crippen LogP contribution < -0.4 is 5.32 Å². The van der Waals surface area contributed by atoms with E-state index >= 15 is 0 Å². The molecule has 0 aromatic heterocycles. The maximum absolute atomic E-state index is 12.8. The van der Waals surface area contributed by atoms with Gasteiger partial charge in [-0.05, 0) is 99.2 Å². The Hall–Kier alpha value is -0.790. The third-order valence-corrected chi connectivity index (χ3v) is 8.92. The highest BCUT2D eigenvalue weighted by atomic mass is 16.1. The van der Waals surface area contributed by atoms with Crippen LogP contribution in [0.1, 0.15) is 71.6 Å². The molecule has 1 amide bonds. The summed E-state index contributed by atoms with van der Waals surface area (Å²) in [5.41, 5.74) is 1.36. The summed E-state index contributed by atoms with van der Waals surface area (Å²) in [5.74, 6) is 5.09. The first kappa shape index (κ1) is 15.5. The summed E-state index contributed by atoms with van der Waals surface area (Å²) < 4.78 is 0. The van der Waals surface area contributed by atoms with Gasteiger partial charge in [0.05, 0.1) is 0 Å². The Morgan fingerprint density at radius 2 is 1.71 bits per heavy atom. The first-order chi connectivity index (χ1) is 11.4. The van der Waals surface area contributed by atoms with Gasteiger partial charge >= 0.3 is 0 Å². The highest BCUT2D eigenvalue weighted by molar-refractivity contribution is 5.92. The predicted molar refractivity (Wildman–Crippen MR) is 96.3 cm³/mol. The fraction of sp³-hybridized carbons (Fsp3) is 0.864. The Balaban J connectivity index is 1.55. The molecule has 6 aliphatic rings. The monoisotopic (exact) mass is 327 g/mol. The molecule has 24 heavy (non-hydrogen) atoms. The van der Waals surface area contributed by atoms with Crippen LogP contribution in [-0.2, 0) is 4.79 Å². The van der Waals surface area contributed by atoms with Gasteiger partial charge in [-0.3, -0.25) is 4.79 Å². The SMILES string of the molecule is C=C(C)C(=O)NC1(C2CC3CCC2C3)C2CC3CC1CC(C)(C3)C2. The van der Waals surface area contributed by atoms with Crippen LogP contribution in [0.3, 0.4) is 0 Å². The van der Waals surface area contributed by atoms with Crippen molar-refractivity contribution in [1.29, 1.82) is 0 Å². The van der Waals surface area contributed by atoms with E-state index in [1.165, 1.54) is 57.8 Å². The minimum Gasteiger partial charge on any atom is -0.346 e. The van der Waals surface area contributed by atoms with Gasteiger partial charge in [0.25, 0.3) is 0 Å². The van der Waals surface area contributed by atoms with Crippen molar-refractivity contribution >= 4 is 5.91 Å². The van der Waals surface area contributed by atoms with Crippen molar-refractivity contribution in [3.63, 3.8) is 0 Å². The number of amides is 1. The molecule has 0 aromatic carbocycles. The first-order valence-corrected chi connectivity index (χ1v) is 10.4. The zero-order chi connectivity index (χ0) is 16.7. The van der Waals surface area contributed by atoms with Crippen LogP contribution in [0.4, 0.5) is 0 Å². The summed E-state index contributed by atoms with van der Waals surface area (Å²) >= 11 is 0. The Labute approximate surface area is 146 Å². The average Bonchev–Trinajstić information content (AvgIpc) is 3.12. The van der Waals surface area contributed by atoms with Gasteiger partial charge in [0, 0.05) is 11.1 Å². The van der Waals surface area contributed by atoms with E-state index in [2.05, 4.69) is 18.8 Å². The minimum atomic E-state index is 0.103. The topological polar surface area (TPSA) is 29.1 Å². The second kappa shape index (κ2) is 4.89. The Morgan fingerprint density at radius 3 is 2.21 bits per heavy atom. The standard InChI is InChI=1S/C22H33NO/c1-13(2)20(24)23-22(19-9-14-4-5-16(19)6-14)17-7-15-8-18(22)12-21(3,10-15)11-17/h14-19H,1,4-12H2,2-3H3,(H,23,24). The van der Waals surface area contributed by atoms with E-state index in [4.69, 9.17) is 0 Å². The van der Waals surface area contributed by atoms with E-state index in [-0.39, 0.29) is 11.4 Å². The van der Waals surface area contributed by atoms with Gasteiger partial charge in [-0.15, -0.1) is 0 Å². The smallest absolute Gasteiger partial charge is 0.246 e. The lowest BCUT2D eigenvalue weighted by molar-refractivity contribution is -0.155. The van der Waals surface area contributed by atoms with Gasteiger partial charge in [-0.2, -0.15) is 0 Å². The zero-order valence-corrected chi connectivity index (χ0v) is 15.4. The summed E-state index contributed by atoms with van der Waals surface area (Å²) in [5, 5.41) is 3.68. The molecule has 0 spiro atoms. The predicted octanol–water partition coefficient (Wildman–Crippen LogP) is 4.70. The van der Waals surface area contributed by atoms with Crippen molar-refractivity contribution in [2.45, 2.75) is 77.2 Å². The van der Waals surface area contributed by atoms with E-state index in [1.54, 1.807) is 0 Å². The molecule has 6 saturated carbocycles. The summed E-state index contributed by atoms with van der Waals surface area (Å²) in [6, 6.07) is 0. The van der Waals surface area contributed by atoms with Crippen LogP contribution in [0.25, 0.3) is 0 Å². The summed E-state index contributed by atoms with van der Waals surface area (Å²) in [4.78, 5) is 12.8. The third kappa shape index (κ3) is 1.98. The fourth-order valence-electron chi connectivity index (χ4n) is 8.47. The number of hydrogen-bond acceptors (Lipinski definition) is 1. The largest absolute Gasteiger partial charge is 0.346 e. The highest BCUT2D eigenvalue weighted by Gasteiger charge is 2.66. The van der Waals surface area contributed by atoms with Gasteiger partial charge < -0.3 is 5.32 Å². The lowest BCUT2D eigenvalue weighted by Crippen LogP contribution is -2.71. The normalized spacial score (nSPS) is 54.2. The molecule has 2 nitrogen and oxygen atoms in total. The second-order valence-electron chi connectivity index (χ2n) is 10.6. The molecule has 132 valence electrons. The molecule has 6 aliphatic carbocycles. The van der Waals surface area contributed by atoms with Crippen LogP contribution in [0.15, 0.2) is 12.2 Å². The van der Waals surface area contributed by atoms with E-state index < -0.39 is 0 Å². The van der Waals surface area contributed by atoms with Crippen molar-refractivity contribution in [3.05, 3.63) is 12.2 Å². The molecule has 5 atom stereocenters. The highest BCUT2D eigenvalue weighted by Crippen LogP contribution is 2.68. The number of fused-ring (bicyclic) bond motifs is 2. The van der Waals surface area contributed by atoms with Gasteiger partial charge in [0.15, 0.2) is 0 Å². The van der Waals surface area contributed by atoms with Crippen molar-refractivity contribution in [2.75, 3.05) is 0 Å². The van der Waals surface area contributed by atoms with E-state index in [9.17, 15) is 4.79 Å². The van der Waals surface area contributed by atoms with Crippen LogP contribution in [-0.4, -0.2) is 11.4 Å². The minimum absolute atomic E-state index is 0.103. The van der Waals surface area contributed by atoms with Crippen molar-refractivity contribution in [3.8, 4) is 0 Å². The van der Waals surface area contributed by atoms with E-state index in [0.29, 0.717) is 11.0 Å². The molecular weight excluding hydrogens is 294 g/mol. The van der Waals surface area contributed by atoms with E-state index in [1.807, 2.05) is 6.92 Å². The van der Waals surface area contributed by atoms with Crippen LogP contribution in [0.2, 0.25) is 0 Å². The zero-order valence-electron chi connectivity index (χ0n) is 15.4. The molecule has 2 heteroatoms. The third-order valence-electron chi connectivity index (χ3n) is 8.92. The summed E-state index contributed by atoms with van der Waals surface area (Å²) in [6.45, 7) is 8.35. The first-order valence-electron chi connectivity index (χ1n) is 10.4. The van der Waals surface area contributed by atoms with Gasteiger partial charge in [-0.1, -0.05) is 19.9 Å². The van der Waals surface area contributed by atoms with Crippen molar-refractivity contribution < 1.29 is 4.79 Å². The number of hydrogen-bond donors (Lipinski definition) is 1. The fourth-order valence-corrected chi connectivity index (χ4v) is 8.47. The quantitative estimate of drug-likeness (QED) is 0.748. The van der Waals surface area contributed by atoms with Crippen LogP contribution in [0, 0.1) is 40.9 Å². The molecule has 6 rings (SSSR count). The lowest BCUT2D eigenvalue weighted by Gasteiger charge is -2.67. The lowest BCUT2D eigenvalue weighted by atomic mass is 9.41. The molecule has 0 aliphatic heterocycles. The molecule has 0 aromatic rings. The number of carbonyl (C=O) groups excluding carboxylic acids is 1. The summed E-state index contributed by atoms with van der Waals surface area (Å²) in [7, 11) is 0. The molecule has 1 N–H and O–H groups in total. The van der Waals surface area contributed by atoms with Gasteiger partial charge in [-0.25, -0.2) is 0 Å². The molecular formula is C22H33NO. The van der Waals surface area contributed by atoms with Gasteiger partial charge in [0.2, 0.25) is 5.91 Å².